The number of fused-ring (bicyclic) bond motifs is 2. The number of esters is 1. The van der Waals surface area contributed by atoms with E-state index >= 15 is 0 Å². The van der Waals surface area contributed by atoms with Crippen LogP contribution in [0.15, 0.2) is 47.3 Å². The Morgan fingerprint density at radius 2 is 1.42 bits per heavy atom. The molecule has 0 unspecified atom stereocenters. The Hall–Kier alpha value is -5.85. The number of methoxy groups -OCH3 is 1. The van der Waals surface area contributed by atoms with Gasteiger partial charge in [-0.15, -0.1) is 0 Å². The van der Waals surface area contributed by atoms with Crippen LogP contribution in [-0.2, 0) is 11.2 Å². The first-order chi connectivity index (χ1) is 20.3. The summed E-state index contributed by atoms with van der Waals surface area (Å²) in [6.07, 6.45) is -1.73. The van der Waals surface area contributed by atoms with Crippen LogP contribution < -0.4 is 10.2 Å². The van der Waals surface area contributed by atoms with Crippen molar-refractivity contribution >= 4 is 22.5 Å². The average Bonchev–Trinajstić information content (AvgIpc) is 3.09. The second kappa shape index (κ2) is 10.5. The van der Waals surface area contributed by atoms with Gasteiger partial charge in [-0.05, 0) is 42.1 Å². The predicted molar refractivity (Wildman–Crippen MR) is 147 cm³/mol. The number of aromatic hydroxyl groups is 8. The standard InChI is InChI=1S/C30H24O13/c1-42-30(41)13-3-15-16(10-23(37)28(40)25(15)27(39)22(36)7-13)29-12(2-17-19(33)8-14(31)9-24(17)43-29)6-18(32)11-4-20(34)26(38)21(35)5-11/h3-5,7-10,12,29,31,33-35,37-38,40H,2,6H2,1H3,(H,36,39)/t12-,29-/m0/s1. The van der Waals surface area contributed by atoms with Crippen LogP contribution in [0.1, 0.15) is 44.4 Å². The topological polar surface area (TPSA) is 232 Å². The van der Waals surface area contributed by atoms with E-state index in [9.17, 15) is 55.2 Å². The molecule has 43 heavy (non-hydrogen) atoms. The summed E-state index contributed by atoms with van der Waals surface area (Å²) >= 11 is 0. The summed E-state index contributed by atoms with van der Waals surface area (Å²) in [5.41, 5.74) is -1.44. The van der Waals surface area contributed by atoms with Crippen LogP contribution >= 0.6 is 0 Å². The van der Waals surface area contributed by atoms with Crippen molar-refractivity contribution in [2.24, 2.45) is 5.92 Å². The number of ketones is 1. The number of benzene rings is 3. The molecule has 0 saturated heterocycles. The summed E-state index contributed by atoms with van der Waals surface area (Å²) in [4.78, 5) is 38.9. The third kappa shape index (κ3) is 4.96. The van der Waals surface area contributed by atoms with Gasteiger partial charge in [-0.3, -0.25) is 9.59 Å². The maximum Gasteiger partial charge on any atom is 0.338 e. The van der Waals surface area contributed by atoms with Crippen molar-refractivity contribution < 1.29 is 59.9 Å². The van der Waals surface area contributed by atoms with Gasteiger partial charge < -0.3 is 50.3 Å². The van der Waals surface area contributed by atoms with Gasteiger partial charge in [0.15, 0.2) is 40.3 Å². The molecular formula is C30H24O13. The van der Waals surface area contributed by atoms with Crippen LogP contribution in [0.5, 0.6) is 51.7 Å². The van der Waals surface area contributed by atoms with E-state index in [0.29, 0.717) is 0 Å². The largest absolute Gasteiger partial charge is 0.508 e. The number of hydrogen-bond donors (Lipinski definition) is 8. The highest BCUT2D eigenvalue weighted by Gasteiger charge is 2.37. The van der Waals surface area contributed by atoms with Gasteiger partial charge >= 0.3 is 5.97 Å². The van der Waals surface area contributed by atoms with Crippen LogP contribution in [0, 0.1) is 5.92 Å². The number of carbonyl (C=O) groups excluding carboxylic acids is 2. The Balaban J connectivity index is 1.75. The third-order valence-electron chi connectivity index (χ3n) is 7.29. The van der Waals surface area contributed by atoms with E-state index < -0.39 is 75.5 Å². The zero-order chi connectivity index (χ0) is 31.3. The lowest BCUT2D eigenvalue weighted by atomic mass is 9.81. The van der Waals surface area contributed by atoms with Crippen molar-refractivity contribution in [1.29, 1.82) is 0 Å². The second-order valence-electron chi connectivity index (χ2n) is 10.0. The van der Waals surface area contributed by atoms with E-state index in [0.717, 1.165) is 43.5 Å². The molecule has 1 aliphatic rings. The second-order valence-corrected chi connectivity index (χ2v) is 10.0. The molecule has 0 saturated carbocycles. The zero-order valence-corrected chi connectivity index (χ0v) is 22.2. The summed E-state index contributed by atoms with van der Waals surface area (Å²) in [5.74, 6) is -8.21. The number of hydrogen-bond acceptors (Lipinski definition) is 13. The third-order valence-corrected chi connectivity index (χ3v) is 7.29. The normalized spacial score (nSPS) is 15.8. The fourth-order valence-electron chi connectivity index (χ4n) is 5.23. The van der Waals surface area contributed by atoms with Gasteiger partial charge in [-0.1, -0.05) is 0 Å². The molecule has 0 spiro atoms. The van der Waals surface area contributed by atoms with Gasteiger partial charge in [-0.2, -0.15) is 0 Å². The van der Waals surface area contributed by atoms with Crippen LogP contribution in [-0.4, -0.2) is 59.7 Å². The van der Waals surface area contributed by atoms with Gasteiger partial charge in [0.25, 0.3) is 0 Å². The smallest absolute Gasteiger partial charge is 0.338 e. The molecular weight excluding hydrogens is 568 g/mol. The highest BCUT2D eigenvalue weighted by Crippen LogP contribution is 2.49. The molecule has 1 aliphatic heterocycles. The first-order valence-corrected chi connectivity index (χ1v) is 12.6. The van der Waals surface area contributed by atoms with E-state index in [1.54, 1.807) is 0 Å². The van der Waals surface area contributed by atoms with Crippen LogP contribution in [0.4, 0.5) is 0 Å². The average molecular weight is 593 g/mol. The Kier molecular flexibility index (Phi) is 7.02. The molecule has 13 heteroatoms. The maximum absolute atomic E-state index is 13.4. The lowest BCUT2D eigenvalue weighted by molar-refractivity contribution is 0.0600. The van der Waals surface area contributed by atoms with Gasteiger partial charge in [0, 0.05) is 41.2 Å². The Morgan fingerprint density at radius 3 is 2.07 bits per heavy atom. The Bertz CT molecular complexity index is 1870. The van der Waals surface area contributed by atoms with Gasteiger partial charge in [0.2, 0.25) is 5.43 Å². The molecule has 13 nitrogen and oxygen atoms in total. The quantitative estimate of drug-likeness (QED) is 0.0946. The lowest BCUT2D eigenvalue weighted by Crippen LogP contribution is -2.28. The highest BCUT2D eigenvalue weighted by atomic mass is 16.5. The first-order valence-electron chi connectivity index (χ1n) is 12.6. The van der Waals surface area contributed by atoms with Crippen molar-refractivity contribution in [2.75, 3.05) is 7.11 Å². The molecule has 1 heterocycles. The number of rotatable bonds is 5. The number of ether oxygens (including phenoxy) is 2. The molecule has 4 aromatic rings. The first kappa shape index (κ1) is 28.7. The van der Waals surface area contributed by atoms with E-state index in [4.69, 9.17) is 9.47 Å². The molecule has 0 aliphatic carbocycles. The van der Waals surface area contributed by atoms with Gasteiger partial charge in [0.1, 0.15) is 23.4 Å². The number of phenols is 7. The fraction of sp³-hybridized carbons (Fsp3) is 0.167. The highest BCUT2D eigenvalue weighted by molar-refractivity contribution is 6.00. The van der Waals surface area contributed by atoms with Crippen molar-refractivity contribution in [3.05, 3.63) is 74.9 Å². The number of Topliss-reactive ketones (excluding diaryl/α,β-unsaturated/α-hetero) is 1. The van der Waals surface area contributed by atoms with E-state index in [1.165, 1.54) is 6.07 Å². The summed E-state index contributed by atoms with van der Waals surface area (Å²) in [7, 11) is 1.07. The Labute approximate surface area is 241 Å². The maximum atomic E-state index is 13.4. The monoisotopic (exact) mass is 592 g/mol. The lowest BCUT2D eigenvalue weighted by Gasteiger charge is -2.35. The van der Waals surface area contributed by atoms with E-state index in [1.807, 2.05) is 0 Å². The predicted octanol–water partition coefficient (Wildman–Crippen LogP) is 3.20. The van der Waals surface area contributed by atoms with Gasteiger partial charge in [0.05, 0.1) is 18.1 Å². The van der Waals surface area contributed by atoms with Crippen LogP contribution in [0.25, 0.3) is 10.8 Å². The molecule has 8 N–H and O–H groups in total. The molecule has 0 bridgehead atoms. The minimum atomic E-state index is -1.26. The summed E-state index contributed by atoms with van der Waals surface area (Å²) in [6.45, 7) is 0. The SMILES string of the molecule is COC(=O)c1cc(O)c(=O)c2c(O)c(O)cc([C@H]3Oc4cc(O)cc(O)c4C[C@H]3CC(=O)c3cc(O)c(O)c(O)c3)c2c1. The Morgan fingerprint density at radius 1 is 0.791 bits per heavy atom. The van der Waals surface area contributed by atoms with Crippen molar-refractivity contribution in [2.45, 2.75) is 18.9 Å². The minimum absolute atomic E-state index is 0.00877. The van der Waals surface area contributed by atoms with Crippen LogP contribution in [0.2, 0.25) is 0 Å². The number of phenolic OH excluding ortho intramolecular Hbond substituents is 7. The minimum Gasteiger partial charge on any atom is -0.508 e. The van der Waals surface area contributed by atoms with Crippen LogP contribution in [0.3, 0.4) is 0 Å². The molecule has 0 fully saturated rings. The molecule has 222 valence electrons. The number of carbonyl (C=O) groups is 2. The molecule has 0 amide bonds. The summed E-state index contributed by atoms with van der Waals surface area (Å²) in [5, 5.41) is 81.0. The van der Waals surface area contributed by atoms with Crippen molar-refractivity contribution in [3.8, 4) is 51.7 Å². The molecule has 4 aromatic carbocycles. The van der Waals surface area contributed by atoms with E-state index in [-0.39, 0.29) is 51.3 Å². The van der Waals surface area contributed by atoms with Gasteiger partial charge in [-0.25, -0.2) is 4.79 Å². The fourth-order valence-corrected chi connectivity index (χ4v) is 5.23. The summed E-state index contributed by atoms with van der Waals surface area (Å²) in [6, 6.07) is 7.14. The summed E-state index contributed by atoms with van der Waals surface area (Å²) < 4.78 is 10.9. The molecule has 5 rings (SSSR count). The van der Waals surface area contributed by atoms with E-state index in [2.05, 4.69) is 0 Å². The van der Waals surface area contributed by atoms with Crippen molar-refractivity contribution in [3.63, 3.8) is 0 Å². The molecule has 2 atom stereocenters. The van der Waals surface area contributed by atoms with Crippen molar-refractivity contribution in [1.82, 2.24) is 0 Å². The molecule has 0 radical (unpaired) electrons. The zero-order valence-electron chi connectivity index (χ0n) is 22.2. The molecule has 0 aromatic heterocycles.